The lowest BCUT2D eigenvalue weighted by Crippen LogP contribution is -2.56. The second kappa shape index (κ2) is 6.36. The summed E-state index contributed by atoms with van der Waals surface area (Å²) >= 11 is 0. The zero-order chi connectivity index (χ0) is 13.0. The third-order valence-corrected chi connectivity index (χ3v) is 4.46. The SMILES string of the molecule is CCCC1CCN(CC(C)(CO)NC2CC2)CC1. The number of rotatable bonds is 7. The summed E-state index contributed by atoms with van der Waals surface area (Å²) in [7, 11) is 0. The molecule has 1 aliphatic carbocycles. The third-order valence-electron chi connectivity index (χ3n) is 4.46. The van der Waals surface area contributed by atoms with Crippen LogP contribution in [-0.2, 0) is 0 Å². The van der Waals surface area contributed by atoms with Gasteiger partial charge in [-0.3, -0.25) is 0 Å². The number of hydrogen-bond donors (Lipinski definition) is 2. The van der Waals surface area contributed by atoms with E-state index in [0.717, 1.165) is 12.5 Å². The Morgan fingerprint density at radius 3 is 2.39 bits per heavy atom. The predicted molar refractivity (Wildman–Crippen MR) is 75.7 cm³/mol. The quantitative estimate of drug-likeness (QED) is 0.729. The number of aliphatic hydroxyl groups is 1. The minimum absolute atomic E-state index is 0.0985. The molecule has 1 saturated heterocycles. The smallest absolute Gasteiger partial charge is 0.0623 e. The monoisotopic (exact) mass is 254 g/mol. The average Bonchev–Trinajstić information content (AvgIpc) is 3.16. The molecule has 2 aliphatic rings. The summed E-state index contributed by atoms with van der Waals surface area (Å²) in [5.74, 6) is 0.947. The Bertz CT molecular complexity index is 247. The van der Waals surface area contributed by atoms with Gasteiger partial charge in [0.15, 0.2) is 0 Å². The maximum atomic E-state index is 9.64. The zero-order valence-corrected chi connectivity index (χ0v) is 12.1. The van der Waals surface area contributed by atoms with E-state index in [1.54, 1.807) is 0 Å². The number of likely N-dealkylation sites (tertiary alicyclic amines) is 1. The molecule has 1 saturated carbocycles. The lowest BCUT2D eigenvalue weighted by molar-refractivity contribution is 0.0936. The molecule has 0 aromatic rings. The molecule has 0 radical (unpaired) electrons. The van der Waals surface area contributed by atoms with Gasteiger partial charge in [-0.25, -0.2) is 0 Å². The lowest BCUT2D eigenvalue weighted by Gasteiger charge is -2.39. The van der Waals surface area contributed by atoms with E-state index < -0.39 is 0 Å². The fourth-order valence-electron chi connectivity index (χ4n) is 3.20. The summed E-state index contributed by atoms with van der Waals surface area (Å²) < 4.78 is 0. The highest BCUT2D eigenvalue weighted by molar-refractivity contribution is 4.94. The maximum absolute atomic E-state index is 9.64. The molecule has 2 fully saturated rings. The Hall–Kier alpha value is -0.120. The summed E-state index contributed by atoms with van der Waals surface area (Å²) in [6, 6.07) is 0.666. The van der Waals surface area contributed by atoms with Crippen LogP contribution < -0.4 is 5.32 Å². The largest absolute Gasteiger partial charge is 0.394 e. The van der Waals surface area contributed by atoms with Crippen molar-refractivity contribution in [2.24, 2.45) is 5.92 Å². The molecule has 1 aliphatic heterocycles. The molecule has 1 heterocycles. The molecule has 0 spiro atoms. The summed E-state index contributed by atoms with van der Waals surface area (Å²) in [4.78, 5) is 2.54. The van der Waals surface area contributed by atoms with E-state index in [1.165, 1.54) is 51.6 Å². The van der Waals surface area contributed by atoms with Crippen LogP contribution in [0.1, 0.15) is 52.4 Å². The Labute approximate surface area is 112 Å². The van der Waals surface area contributed by atoms with Crippen molar-refractivity contribution < 1.29 is 5.11 Å². The van der Waals surface area contributed by atoms with Crippen molar-refractivity contribution in [3.63, 3.8) is 0 Å². The standard InChI is InChI=1S/C15H30N2O/c1-3-4-13-7-9-17(10-8-13)11-15(2,12-18)16-14-5-6-14/h13-14,16,18H,3-12H2,1-2H3. The van der Waals surface area contributed by atoms with E-state index in [1.807, 2.05) is 0 Å². The van der Waals surface area contributed by atoms with Crippen molar-refractivity contribution in [1.82, 2.24) is 10.2 Å². The van der Waals surface area contributed by atoms with Crippen LogP contribution in [0.15, 0.2) is 0 Å². The fourth-order valence-corrected chi connectivity index (χ4v) is 3.20. The van der Waals surface area contributed by atoms with Gasteiger partial charge >= 0.3 is 0 Å². The van der Waals surface area contributed by atoms with Crippen LogP contribution in [0.25, 0.3) is 0 Å². The van der Waals surface area contributed by atoms with Crippen molar-refractivity contribution in [2.45, 2.75) is 64.0 Å². The van der Waals surface area contributed by atoms with E-state index in [4.69, 9.17) is 0 Å². The highest BCUT2D eigenvalue weighted by atomic mass is 16.3. The van der Waals surface area contributed by atoms with Gasteiger partial charge in [0, 0.05) is 12.6 Å². The molecule has 0 aromatic heterocycles. The van der Waals surface area contributed by atoms with Crippen molar-refractivity contribution in [3.05, 3.63) is 0 Å². The molecule has 1 atom stereocenters. The zero-order valence-electron chi connectivity index (χ0n) is 12.1. The first-order valence-electron chi connectivity index (χ1n) is 7.76. The van der Waals surface area contributed by atoms with Crippen LogP contribution in [-0.4, -0.2) is 47.8 Å². The first kappa shape index (κ1) is 14.3. The molecule has 2 rings (SSSR count). The van der Waals surface area contributed by atoms with Gasteiger partial charge in [0.2, 0.25) is 0 Å². The predicted octanol–water partition coefficient (Wildman–Crippen LogP) is 2.00. The molecule has 18 heavy (non-hydrogen) atoms. The van der Waals surface area contributed by atoms with E-state index >= 15 is 0 Å². The van der Waals surface area contributed by atoms with E-state index in [-0.39, 0.29) is 12.1 Å². The number of nitrogens with zero attached hydrogens (tertiary/aromatic N) is 1. The lowest BCUT2D eigenvalue weighted by atomic mass is 9.91. The van der Waals surface area contributed by atoms with Gasteiger partial charge in [0.05, 0.1) is 12.1 Å². The van der Waals surface area contributed by atoms with E-state index in [2.05, 4.69) is 24.1 Å². The topological polar surface area (TPSA) is 35.5 Å². The van der Waals surface area contributed by atoms with E-state index in [0.29, 0.717) is 6.04 Å². The molecular weight excluding hydrogens is 224 g/mol. The van der Waals surface area contributed by atoms with Crippen LogP contribution in [0.4, 0.5) is 0 Å². The molecule has 1 unspecified atom stereocenters. The fraction of sp³-hybridized carbons (Fsp3) is 1.00. The molecule has 106 valence electrons. The number of piperidine rings is 1. The Morgan fingerprint density at radius 2 is 1.89 bits per heavy atom. The highest BCUT2D eigenvalue weighted by Crippen LogP contribution is 2.25. The first-order chi connectivity index (χ1) is 8.65. The number of hydrogen-bond acceptors (Lipinski definition) is 3. The molecular formula is C15H30N2O. The molecule has 0 aromatic carbocycles. The molecule has 0 amide bonds. The average molecular weight is 254 g/mol. The van der Waals surface area contributed by atoms with Gasteiger partial charge in [-0.05, 0) is 51.6 Å². The van der Waals surface area contributed by atoms with Crippen molar-refractivity contribution >= 4 is 0 Å². The Balaban J connectivity index is 1.74. The second-order valence-corrected chi connectivity index (χ2v) is 6.65. The Kier molecular flexibility index (Phi) is 5.05. The molecule has 2 N–H and O–H groups in total. The van der Waals surface area contributed by atoms with Gasteiger partial charge in [0.25, 0.3) is 0 Å². The van der Waals surface area contributed by atoms with E-state index in [9.17, 15) is 5.11 Å². The molecule has 0 bridgehead atoms. The second-order valence-electron chi connectivity index (χ2n) is 6.65. The third kappa shape index (κ3) is 4.22. The van der Waals surface area contributed by atoms with Crippen LogP contribution in [0.2, 0.25) is 0 Å². The minimum Gasteiger partial charge on any atom is -0.394 e. The Morgan fingerprint density at radius 1 is 1.22 bits per heavy atom. The van der Waals surface area contributed by atoms with Gasteiger partial charge < -0.3 is 15.3 Å². The highest BCUT2D eigenvalue weighted by Gasteiger charge is 2.34. The summed E-state index contributed by atoms with van der Waals surface area (Å²) in [6.45, 7) is 8.13. The van der Waals surface area contributed by atoms with Gasteiger partial charge in [-0.1, -0.05) is 19.8 Å². The van der Waals surface area contributed by atoms with Crippen LogP contribution >= 0.6 is 0 Å². The normalized spacial score (nSPS) is 26.2. The van der Waals surface area contributed by atoms with Crippen LogP contribution in [0.3, 0.4) is 0 Å². The summed E-state index contributed by atoms with van der Waals surface area (Å²) in [5.41, 5.74) is -0.0985. The first-order valence-corrected chi connectivity index (χ1v) is 7.76. The maximum Gasteiger partial charge on any atom is 0.0623 e. The summed E-state index contributed by atoms with van der Waals surface area (Å²) in [5, 5.41) is 13.2. The van der Waals surface area contributed by atoms with Gasteiger partial charge in [-0.15, -0.1) is 0 Å². The number of nitrogens with one attached hydrogen (secondary N) is 1. The number of aliphatic hydroxyl groups excluding tert-OH is 1. The molecule has 3 nitrogen and oxygen atoms in total. The van der Waals surface area contributed by atoms with Crippen molar-refractivity contribution in [2.75, 3.05) is 26.2 Å². The van der Waals surface area contributed by atoms with Crippen molar-refractivity contribution in [1.29, 1.82) is 0 Å². The molecule has 3 heteroatoms. The van der Waals surface area contributed by atoms with Crippen LogP contribution in [0.5, 0.6) is 0 Å². The van der Waals surface area contributed by atoms with Gasteiger partial charge in [-0.2, -0.15) is 0 Å². The van der Waals surface area contributed by atoms with Crippen molar-refractivity contribution in [3.8, 4) is 0 Å². The van der Waals surface area contributed by atoms with Gasteiger partial charge in [0.1, 0.15) is 0 Å². The van der Waals surface area contributed by atoms with Crippen LogP contribution in [0, 0.1) is 5.92 Å². The minimum atomic E-state index is -0.0985. The summed E-state index contributed by atoms with van der Waals surface area (Å²) in [6.07, 6.45) is 7.98.